The lowest BCUT2D eigenvalue weighted by molar-refractivity contribution is 0.235. The zero-order valence-electron chi connectivity index (χ0n) is 13.7. The lowest BCUT2D eigenvalue weighted by atomic mass is 9.97. The average Bonchev–Trinajstić information content (AvgIpc) is 3.11. The van der Waals surface area contributed by atoms with E-state index in [-0.39, 0.29) is 10.8 Å². The first-order valence-electron chi connectivity index (χ1n) is 7.94. The van der Waals surface area contributed by atoms with Gasteiger partial charge in [0.1, 0.15) is 5.75 Å². The summed E-state index contributed by atoms with van der Waals surface area (Å²) in [5.41, 5.74) is 1.38. The van der Waals surface area contributed by atoms with Crippen LogP contribution in [0.5, 0.6) is 5.75 Å². The molecule has 1 aliphatic heterocycles. The topological polar surface area (TPSA) is 46.6 Å². The Balaban J connectivity index is 1.91. The normalized spacial score (nSPS) is 17.9. The van der Waals surface area contributed by atoms with Crippen LogP contribution in [0.15, 0.2) is 53.4 Å². The van der Waals surface area contributed by atoms with Gasteiger partial charge in [0.05, 0.1) is 17.7 Å². The fourth-order valence-corrected chi connectivity index (χ4v) is 4.24. The van der Waals surface area contributed by atoms with Crippen molar-refractivity contribution in [1.29, 1.82) is 0 Å². The molecule has 7 heteroatoms. The lowest BCUT2D eigenvalue weighted by Gasteiger charge is -2.22. The molecule has 25 heavy (non-hydrogen) atoms. The summed E-state index contributed by atoms with van der Waals surface area (Å²) in [6.07, 6.45) is 0.795. The second kappa shape index (κ2) is 7.00. The molecule has 1 aliphatic rings. The second-order valence-corrected chi connectivity index (χ2v) is 7.83. The Labute approximate surface area is 146 Å². The van der Waals surface area contributed by atoms with Crippen molar-refractivity contribution in [2.24, 2.45) is 0 Å². The van der Waals surface area contributed by atoms with Crippen molar-refractivity contribution in [1.82, 2.24) is 0 Å². The SMILES string of the molecule is COc1ccccc1C1CCN(c2ccccc2S(=O)(=O)C(F)F)C1. The maximum absolute atomic E-state index is 13.0. The van der Waals surface area contributed by atoms with Gasteiger partial charge in [-0.25, -0.2) is 8.42 Å². The van der Waals surface area contributed by atoms with Crippen LogP contribution in [-0.2, 0) is 9.84 Å². The average molecular weight is 367 g/mol. The van der Waals surface area contributed by atoms with Crippen molar-refractivity contribution < 1.29 is 21.9 Å². The van der Waals surface area contributed by atoms with Crippen LogP contribution in [0.1, 0.15) is 17.9 Å². The minimum atomic E-state index is -4.64. The molecular formula is C18H19F2NO3S. The van der Waals surface area contributed by atoms with Gasteiger partial charge in [-0.15, -0.1) is 0 Å². The third kappa shape index (κ3) is 3.33. The van der Waals surface area contributed by atoms with Crippen LogP contribution in [0.4, 0.5) is 14.5 Å². The Morgan fingerprint density at radius 1 is 1.12 bits per heavy atom. The maximum atomic E-state index is 13.0. The first-order chi connectivity index (χ1) is 11.9. The van der Waals surface area contributed by atoms with E-state index >= 15 is 0 Å². The van der Waals surface area contributed by atoms with Crippen molar-refractivity contribution >= 4 is 15.5 Å². The highest BCUT2D eigenvalue weighted by Gasteiger charge is 2.33. The molecule has 0 radical (unpaired) electrons. The molecule has 1 saturated heterocycles. The van der Waals surface area contributed by atoms with E-state index in [2.05, 4.69) is 0 Å². The van der Waals surface area contributed by atoms with Gasteiger partial charge in [-0.1, -0.05) is 30.3 Å². The molecule has 2 aromatic rings. The molecule has 0 N–H and O–H groups in total. The third-order valence-corrected chi connectivity index (χ3v) is 5.94. The van der Waals surface area contributed by atoms with Crippen LogP contribution >= 0.6 is 0 Å². The molecule has 0 aliphatic carbocycles. The number of benzene rings is 2. The number of methoxy groups -OCH3 is 1. The molecule has 0 amide bonds. The maximum Gasteiger partial charge on any atom is 0.341 e. The van der Waals surface area contributed by atoms with E-state index in [1.165, 1.54) is 12.1 Å². The fraction of sp³-hybridized carbons (Fsp3) is 0.333. The minimum Gasteiger partial charge on any atom is -0.496 e. The largest absolute Gasteiger partial charge is 0.496 e. The van der Waals surface area contributed by atoms with E-state index in [1.807, 2.05) is 29.2 Å². The molecule has 0 aromatic heterocycles. The Morgan fingerprint density at radius 2 is 1.80 bits per heavy atom. The van der Waals surface area contributed by atoms with Crippen LogP contribution in [0, 0.1) is 0 Å². The van der Waals surface area contributed by atoms with Crippen LogP contribution in [-0.4, -0.2) is 34.4 Å². The molecule has 0 saturated carbocycles. The van der Waals surface area contributed by atoms with Crippen molar-refractivity contribution in [2.75, 3.05) is 25.1 Å². The summed E-state index contributed by atoms with van der Waals surface area (Å²) in [7, 11) is -3.03. The third-order valence-electron chi connectivity index (χ3n) is 4.51. The predicted molar refractivity (Wildman–Crippen MR) is 92.2 cm³/mol. The van der Waals surface area contributed by atoms with Crippen LogP contribution in [0.2, 0.25) is 0 Å². The van der Waals surface area contributed by atoms with Crippen molar-refractivity contribution in [3.05, 3.63) is 54.1 Å². The Bertz CT molecular complexity index is 855. The highest BCUT2D eigenvalue weighted by atomic mass is 32.2. The Kier molecular flexibility index (Phi) is 4.94. The van der Waals surface area contributed by atoms with Gasteiger partial charge in [0.15, 0.2) is 0 Å². The highest BCUT2D eigenvalue weighted by Crippen LogP contribution is 2.38. The summed E-state index contributed by atoms with van der Waals surface area (Å²) in [6.45, 7) is 1.15. The molecule has 0 bridgehead atoms. The van der Waals surface area contributed by atoms with E-state index in [1.54, 1.807) is 19.2 Å². The predicted octanol–water partition coefficient (Wildman–Crippen LogP) is 3.69. The van der Waals surface area contributed by atoms with Gasteiger partial charge in [-0.05, 0) is 30.2 Å². The molecule has 1 fully saturated rings. The van der Waals surface area contributed by atoms with Gasteiger partial charge < -0.3 is 9.64 Å². The summed E-state index contributed by atoms with van der Waals surface area (Å²) in [4.78, 5) is 1.54. The fourth-order valence-electron chi connectivity index (χ4n) is 3.29. The van der Waals surface area contributed by atoms with E-state index in [0.29, 0.717) is 18.8 Å². The summed E-state index contributed by atoms with van der Waals surface area (Å²) in [5, 5.41) is 0. The monoisotopic (exact) mass is 367 g/mol. The van der Waals surface area contributed by atoms with Gasteiger partial charge in [0, 0.05) is 19.0 Å². The Hall–Kier alpha value is -2.15. The standard InChI is InChI=1S/C18H19F2NO3S/c1-24-16-8-4-2-6-14(16)13-10-11-21(12-13)15-7-3-5-9-17(15)25(22,23)18(19)20/h2-9,13,18H,10-12H2,1H3. The molecule has 0 spiro atoms. The smallest absolute Gasteiger partial charge is 0.341 e. The van der Waals surface area contributed by atoms with Crippen LogP contribution < -0.4 is 9.64 Å². The first-order valence-corrected chi connectivity index (χ1v) is 9.48. The number of alkyl halides is 2. The molecule has 1 heterocycles. The van der Waals surface area contributed by atoms with Crippen molar-refractivity contribution in [3.8, 4) is 5.75 Å². The molecule has 1 atom stereocenters. The van der Waals surface area contributed by atoms with Crippen LogP contribution in [0.25, 0.3) is 0 Å². The second-order valence-electron chi connectivity index (χ2n) is 5.95. The minimum absolute atomic E-state index is 0.151. The molecule has 2 aromatic carbocycles. The lowest BCUT2D eigenvalue weighted by Crippen LogP contribution is -2.23. The van der Waals surface area contributed by atoms with Gasteiger partial charge in [-0.3, -0.25) is 0 Å². The van der Waals surface area contributed by atoms with Crippen LogP contribution in [0.3, 0.4) is 0 Å². The van der Waals surface area contributed by atoms with Gasteiger partial charge in [0.2, 0.25) is 9.84 Å². The highest BCUT2D eigenvalue weighted by molar-refractivity contribution is 7.91. The molecule has 3 rings (SSSR count). The van der Waals surface area contributed by atoms with E-state index in [0.717, 1.165) is 17.7 Å². The molecular weight excluding hydrogens is 348 g/mol. The number of hydrogen-bond acceptors (Lipinski definition) is 4. The zero-order chi connectivity index (χ0) is 18.0. The van der Waals surface area contributed by atoms with Gasteiger partial charge in [0.25, 0.3) is 0 Å². The number of ether oxygens (including phenoxy) is 1. The molecule has 4 nitrogen and oxygen atoms in total. The molecule has 134 valence electrons. The van der Waals surface area contributed by atoms with E-state index < -0.39 is 15.6 Å². The van der Waals surface area contributed by atoms with E-state index in [9.17, 15) is 17.2 Å². The number of hydrogen-bond donors (Lipinski definition) is 0. The van der Waals surface area contributed by atoms with Gasteiger partial charge in [-0.2, -0.15) is 8.78 Å². The van der Waals surface area contributed by atoms with Crippen molar-refractivity contribution in [2.45, 2.75) is 23.0 Å². The summed E-state index contributed by atoms with van der Waals surface area (Å²) in [5.74, 6) is -2.50. The zero-order valence-corrected chi connectivity index (χ0v) is 14.5. The van der Waals surface area contributed by atoms with Crippen molar-refractivity contribution in [3.63, 3.8) is 0 Å². The Morgan fingerprint density at radius 3 is 2.52 bits per heavy atom. The number of nitrogens with zero attached hydrogens (tertiary/aromatic N) is 1. The van der Waals surface area contributed by atoms with Gasteiger partial charge >= 0.3 is 5.76 Å². The summed E-state index contributed by atoms with van der Waals surface area (Å²) >= 11 is 0. The number of anilines is 1. The molecule has 1 unspecified atom stereocenters. The summed E-state index contributed by atoms with van der Waals surface area (Å²) < 4.78 is 55.3. The summed E-state index contributed by atoms with van der Waals surface area (Å²) in [6, 6.07) is 13.6. The quantitative estimate of drug-likeness (QED) is 0.809. The number of rotatable bonds is 5. The number of sulfone groups is 1. The number of halogens is 2. The first kappa shape index (κ1) is 17.7. The van der Waals surface area contributed by atoms with E-state index in [4.69, 9.17) is 4.74 Å². The number of para-hydroxylation sites is 2.